The average Bonchev–Trinajstić information content (AvgIpc) is 3.42. The molecule has 0 amide bonds. The Bertz CT molecular complexity index is 1210. The molecule has 0 aliphatic rings. The number of aromatic nitrogens is 4. The Kier molecular flexibility index (Phi) is 6.49. The van der Waals surface area contributed by atoms with Gasteiger partial charge in [-0.3, -0.25) is 0 Å². The van der Waals surface area contributed by atoms with Crippen molar-refractivity contribution in [2.45, 2.75) is 14.6 Å². The number of thiophene rings is 1. The SMILES string of the molecule is O=S(=O)(NC[C@@H](Sc1nnnn1-c1ccccc1)c1ccccc1)c1ccc(Cl)s1. The molecule has 0 aliphatic heterocycles. The Morgan fingerprint density at radius 2 is 1.73 bits per heavy atom. The number of tetrazole rings is 1. The predicted molar refractivity (Wildman–Crippen MR) is 119 cm³/mol. The highest BCUT2D eigenvalue weighted by Gasteiger charge is 2.23. The number of nitrogens with one attached hydrogen (secondary N) is 1. The number of halogens is 1. The van der Waals surface area contributed by atoms with Gasteiger partial charge in [0.1, 0.15) is 4.21 Å². The van der Waals surface area contributed by atoms with Gasteiger partial charge >= 0.3 is 0 Å². The molecular formula is C19H16ClN5O2S3. The minimum absolute atomic E-state index is 0.161. The van der Waals surface area contributed by atoms with Crippen LogP contribution in [0.2, 0.25) is 4.34 Å². The highest BCUT2D eigenvalue weighted by molar-refractivity contribution is 7.99. The zero-order valence-electron chi connectivity index (χ0n) is 15.4. The van der Waals surface area contributed by atoms with Crippen LogP contribution in [0.4, 0.5) is 0 Å². The molecular weight excluding hydrogens is 462 g/mol. The maximum atomic E-state index is 12.7. The molecule has 0 fully saturated rings. The van der Waals surface area contributed by atoms with Crippen LogP contribution in [0.1, 0.15) is 10.8 Å². The molecule has 2 aromatic carbocycles. The van der Waals surface area contributed by atoms with Crippen LogP contribution in [0, 0.1) is 0 Å². The van der Waals surface area contributed by atoms with Crippen molar-refractivity contribution in [2.24, 2.45) is 0 Å². The van der Waals surface area contributed by atoms with Crippen LogP contribution >= 0.6 is 34.7 Å². The fourth-order valence-corrected chi connectivity index (χ4v) is 6.42. The molecule has 1 N–H and O–H groups in total. The third-order valence-electron chi connectivity index (χ3n) is 4.13. The van der Waals surface area contributed by atoms with E-state index in [2.05, 4.69) is 20.2 Å². The fourth-order valence-electron chi connectivity index (χ4n) is 2.70. The lowest BCUT2D eigenvalue weighted by Gasteiger charge is -2.17. The largest absolute Gasteiger partial charge is 0.250 e. The van der Waals surface area contributed by atoms with Crippen molar-refractivity contribution in [3.63, 3.8) is 0 Å². The number of benzene rings is 2. The standard InChI is InChI=1S/C19H16ClN5O2S3/c20-17-11-12-18(29-17)30(26,27)21-13-16(14-7-3-1-4-8-14)28-19-22-23-24-25(19)15-9-5-2-6-10-15/h1-12,16,21H,13H2/t16-/m1/s1. The summed E-state index contributed by atoms with van der Waals surface area (Å²) in [5.41, 5.74) is 1.78. The Morgan fingerprint density at radius 1 is 1.03 bits per heavy atom. The molecule has 0 saturated carbocycles. The lowest BCUT2D eigenvalue weighted by molar-refractivity contribution is 0.583. The zero-order valence-corrected chi connectivity index (χ0v) is 18.6. The highest BCUT2D eigenvalue weighted by Crippen LogP contribution is 2.35. The summed E-state index contributed by atoms with van der Waals surface area (Å²) in [5.74, 6) is 0. The van der Waals surface area contributed by atoms with E-state index in [4.69, 9.17) is 11.6 Å². The molecule has 0 bridgehead atoms. The smallest absolute Gasteiger partial charge is 0.209 e. The second-order valence-corrected chi connectivity index (χ2v) is 11.0. The maximum absolute atomic E-state index is 12.7. The summed E-state index contributed by atoms with van der Waals surface area (Å²) in [5, 5.41) is 12.3. The Labute approximate surface area is 187 Å². The van der Waals surface area contributed by atoms with Crippen LogP contribution in [-0.4, -0.2) is 35.2 Å². The topological polar surface area (TPSA) is 89.8 Å². The molecule has 0 spiro atoms. The van der Waals surface area contributed by atoms with Crippen LogP contribution < -0.4 is 4.72 Å². The highest BCUT2D eigenvalue weighted by atomic mass is 35.5. The summed E-state index contributed by atoms with van der Waals surface area (Å²) in [7, 11) is -3.67. The van der Waals surface area contributed by atoms with Gasteiger partial charge in [-0.05, 0) is 40.3 Å². The number of hydrogen-bond acceptors (Lipinski definition) is 7. The van der Waals surface area contributed by atoms with Crippen molar-refractivity contribution in [2.75, 3.05) is 6.54 Å². The lowest BCUT2D eigenvalue weighted by Crippen LogP contribution is -2.27. The van der Waals surface area contributed by atoms with E-state index in [-0.39, 0.29) is 16.0 Å². The number of thioether (sulfide) groups is 1. The van der Waals surface area contributed by atoms with Gasteiger partial charge in [0, 0.05) is 6.54 Å². The van der Waals surface area contributed by atoms with Gasteiger partial charge in [0.15, 0.2) is 0 Å². The first kappa shape index (κ1) is 21.0. The minimum Gasteiger partial charge on any atom is -0.209 e. The van der Waals surface area contributed by atoms with E-state index in [1.165, 1.54) is 17.8 Å². The van der Waals surface area contributed by atoms with Crippen molar-refractivity contribution in [1.29, 1.82) is 0 Å². The molecule has 1 atom stereocenters. The molecule has 0 radical (unpaired) electrons. The minimum atomic E-state index is -3.67. The summed E-state index contributed by atoms with van der Waals surface area (Å²) in [4.78, 5) is 0. The Morgan fingerprint density at radius 3 is 2.40 bits per heavy atom. The van der Waals surface area contributed by atoms with Gasteiger partial charge in [-0.25, -0.2) is 13.1 Å². The first-order valence-electron chi connectivity index (χ1n) is 8.83. The normalized spacial score (nSPS) is 12.7. The summed E-state index contributed by atoms with van der Waals surface area (Å²) in [6.07, 6.45) is 0. The summed E-state index contributed by atoms with van der Waals surface area (Å²) >= 11 is 8.30. The van der Waals surface area contributed by atoms with Crippen LogP contribution in [0.3, 0.4) is 0 Å². The third kappa shape index (κ3) is 4.90. The maximum Gasteiger partial charge on any atom is 0.250 e. The van der Waals surface area contributed by atoms with Gasteiger partial charge in [-0.2, -0.15) is 4.68 Å². The van der Waals surface area contributed by atoms with E-state index in [0.29, 0.717) is 9.49 Å². The fraction of sp³-hybridized carbons (Fsp3) is 0.105. The molecule has 2 aromatic heterocycles. The molecule has 7 nitrogen and oxygen atoms in total. The first-order chi connectivity index (χ1) is 14.5. The summed E-state index contributed by atoms with van der Waals surface area (Å²) < 4.78 is 30.2. The van der Waals surface area contributed by atoms with Crippen molar-refractivity contribution in [3.05, 3.63) is 82.7 Å². The summed E-state index contributed by atoms with van der Waals surface area (Å²) in [6, 6.07) is 22.2. The van der Waals surface area contributed by atoms with E-state index >= 15 is 0 Å². The molecule has 11 heteroatoms. The van der Waals surface area contributed by atoms with E-state index in [1.54, 1.807) is 10.7 Å². The third-order valence-corrected chi connectivity index (χ3v) is 8.47. The van der Waals surface area contributed by atoms with Crippen LogP contribution in [0.5, 0.6) is 0 Å². The number of sulfonamides is 1. The number of para-hydroxylation sites is 1. The van der Waals surface area contributed by atoms with E-state index in [0.717, 1.165) is 22.6 Å². The number of nitrogens with zero attached hydrogens (tertiary/aromatic N) is 4. The quantitative estimate of drug-likeness (QED) is 0.383. The van der Waals surface area contributed by atoms with Gasteiger partial charge in [-0.15, -0.1) is 16.4 Å². The van der Waals surface area contributed by atoms with Gasteiger partial charge < -0.3 is 0 Å². The lowest BCUT2D eigenvalue weighted by atomic mass is 10.1. The van der Waals surface area contributed by atoms with Crippen LogP contribution in [0.15, 0.2) is 82.2 Å². The molecule has 30 heavy (non-hydrogen) atoms. The van der Waals surface area contributed by atoms with E-state index in [1.807, 2.05) is 60.7 Å². The molecule has 0 unspecified atom stereocenters. The van der Waals surface area contributed by atoms with E-state index < -0.39 is 10.0 Å². The predicted octanol–water partition coefficient (Wildman–Crippen LogP) is 4.19. The monoisotopic (exact) mass is 477 g/mol. The van der Waals surface area contributed by atoms with Crippen molar-refractivity contribution in [1.82, 2.24) is 24.9 Å². The van der Waals surface area contributed by atoms with E-state index in [9.17, 15) is 8.42 Å². The van der Waals surface area contributed by atoms with Crippen LogP contribution in [-0.2, 0) is 10.0 Å². The van der Waals surface area contributed by atoms with Crippen molar-refractivity contribution >= 4 is 44.7 Å². The average molecular weight is 478 g/mol. The Balaban J connectivity index is 1.59. The van der Waals surface area contributed by atoms with Gasteiger partial charge in [-0.1, -0.05) is 71.9 Å². The molecule has 0 saturated heterocycles. The molecule has 0 aliphatic carbocycles. The Hall–Kier alpha value is -2.24. The first-order valence-corrected chi connectivity index (χ1v) is 12.4. The zero-order chi connectivity index (χ0) is 21.0. The second kappa shape index (κ2) is 9.27. The molecule has 4 rings (SSSR count). The molecule has 2 heterocycles. The molecule has 4 aromatic rings. The van der Waals surface area contributed by atoms with Crippen molar-refractivity contribution < 1.29 is 8.42 Å². The van der Waals surface area contributed by atoms with Gasteiger partial charge in [0.25, 0.3) is 0 Å². The van der Waals surface area contributed by atoms with Crippen molar-refractivity contribution in [3.8, 4) is 5.69 Å². The van der Waals surface area contributed by atoms with Gasteiger partial charge in [0.05, 0.1) is 15.3 Å². The summed E-state index contributed by atoms with van der Waals surface area (Å²) in [6.45, 7) is 0.161. The number of hydrogen-bond donors (Lipinski definition) is 1. The number of rotatable bonds is 8. The molecule has 154 valence electrons. The second-order valence-electron chi connectivity index (χ2n) is 6.14. The van der Waals surface area contributed by atoms with Gasteiger partial charge in [0.2, 0.25) is 15.2 Å². The van der Waals surface area contributed by atoms with Crippen LogP contribution in [0.25, 0.3) is 5.69 Å².